The molecule has 3 heteroatoms. The van der Waals surface area contributed by atoms with Crippen molar-refractivity contribution in [1.29, 1.82) is 0 Å². The summed E-state index contributed by atoms with van der Waals surface area (Å²) in [4.78, 5) is 0.412. The molecule has 0 amide bonds. The normalized spacial score (nSPS) is 16.1. The number of ether oxygens (including phenoxy) is 1. The van der Waals surface area contributed by atoms with Crippen LogP contribution in [0.1, 0.15) is 36.8 Å². The van der Waals surface area contributed by atoms with E-state index in [1.807, 2.05) is 25.1 Å². The van der Waals surface area contributed by atoms with E-state index < -0.39 is 0 Å². The first kappa shape index (κ1) is 12.4. The molecule has 1 aliphatic carbocycles. The van der Waals surface area contributed by atoms with Gasteiger partial charge in [0.15, 0.2) is 0 Å². The Balaban J connectivity index is 2.06. The van der Waals surface area contributed by atoms with Crippen molar-refractivity contribution in [3.05, 3.63) is 29.3 Å². The summed E-state index contributed by atoms with van der Waals surface area (Å²) < 4.78 is 5.87. The second-order valence-electron chi connectivity index (χ2n) is 4.83. The summed E-state index contributed by atoms with van der Waals surface area (Å²) in [5, 5.41) is 0. The van der Waals surface area contributed by atoms with Crippen molar-refractivity contribution in [3.63, 3.8) is 0 Å². The minimum Gasteiger partial charge on any atom is -0.493 e. The summed E-state index contributed by atoms with van der Waals surface area (Å²) in [7, 11) is 0. The van der Waals surface area contributed by atoms with E-state index in [4.69, 9.17) is 22.7 Å². The number of rotatable bonds is 4. The number of hydrogen-bond donors (Lipinski definition) is 1. The van der Waals surface area contributed by atoms with Gasteiger partial charge in [-0.3, -0.25) is 0 Å². The molecule has 2 N–H and O–H groups in total. The van der Waals surface area contributed by atoms with Gasteiger partial charge in [-0.1, -0.05) is 36.7 Å². The molecule has 0 heterocycles. The number of nitrogens with two attached hydrogens (primary N) is 1. The van der Waals surface area contributed by atoms with Gasteiger partial charge < -0.3 is 10.5 Å². The van der Waals surface area contributed by atoms with Gasteiger partial charge in [0, 0.05) is 0 Å². The molecule has 2 nitrogen and oxygen atoms in total. The van der Waals surface area contributed by atoms with Crippen molar-refractivity contribution < 1.29 is 4.74 Å². The fraction of sp³-hybridized carbons (Fsp3) is 0.500. The highest BCUT2D eigenvalue weighted by Crippen LogP contribution is 2.27. The molecule has 1 aromatic carbocycles. The maximum atomic E-state index is 5.87. The maximum absolute atomic E-state index is 5.87. The molecular weight excluding hydrogens is 230 g/mol. The lowest BCUT2D eigenvalue weighted by Crippen LogP contribution is -2.14. The summed E-state index contributed by atoms with van der Waals surface area (Å²) in [5.74, 6) is 1.53. The molecule has 0 unspecified atom stereocenters. The van der Waals surface area contributed by atoms with Gasteiger partial charge in [0.1, 0.15) is 10.7 Å². The number of hydrogen-bond acceptors (Lipinski definition) is 2. The molecule has 1 aromatic rings. The Hall–Kier alpha value is -1.09. The Morgan fingerprint density at radius 3 is 2.76 bits per heavy atom. The molecule has 0 aliphatic heterocycles. The van der Waals surface area contributed by atoms with Crippen LogP contribution in [-0.2, 0) is 0 Å². The highest BCUT2D eigenvalue weighted by molar-refractivity contribution is 7.80. The van der Waals surface area contributed by atoms with Crippen LogP contribution >= 0.6 is 12.2 Å². The third kappa shape index (κ3) is 3.19. The molecule has 0 bridgehead atoms. The zero-order chi connectivity index (χ0) is 12.3. The van der Waals surface area contributed by atoms with Crippen LogP contribution < -0.4 is 10.5 Å². The molecular formula is C14H19NOS. The van der Waals surface area contributed by atoms with Crippen LogP contribution in [0, 0.1) is 12.8 Å². The largest absolute Gasteiger partial charge is 0.493 e. The Bertz CT molecular complexity index is 411. The Labute approximate surface area is 108 Å². The summed E-state index contributed by atoms with van der Waals surface area (Å²) in [6.07, 6.45) is 5.25. The average molecular weight is 249 g/mol. The first-order chi connectivity index (χ1) is 8.16. The summed E-state index contributed by atoms with van der Waals surface area (Å²) >= 11 is 5.06. The van der Waals surface area contributed by atoms with E-state index in [0.717, 1.165) is 23.5 Å². The molecule has 1 saturated carbocycles. The van der Waals surface area contributed by atoms with E-state index >= 15 is 0 Å². The first-order valence-electron chi connectivity index (χ1n) is 6.20. The summed E-state index contributed by atoms with van der Waals surface area (Å²) in [5.41, 5.74) is 7.73. The Morgan fingerprint density at radius 1 is 1.41 bits per heavy atom. The quantitative estimate of drug-likeness (QED) is 0.832. The first-order valence-corrected chi connectivity index (χ1v) is 6.61. The SMILES string of the molecule is Cc1ccc(OCC2CCCC2)c(C(N)=S)c1. The highest BCUT2D eigenvalue weighted by atomic mass is 32.1. The van der Waals surface area contributed by atoms with E-state index in [1.165, 1.54) is 25.7 Å². The van der Waals surface area contributed by atoms with Crippen LogP contribution in [0.15, 0.2) is 18.2 Å². The average Bonchev–Trinajstić information content (AvgIpc) is 2.80. The minimum atomic E-state index is 0.412. The minimum absolute atomic E-state index is 0.412. The fourth-order valence-corrected chi connectivity index (χ4v) is 2.51. The predicted molar refractivity (Wildman–Crippen MR) is 74.5 cm³/mol. The predicted octanol–water partition coefficient (Wildman–Crippen LogP) is 3.20. The monoisotopic (exact) mass is 249 g/mol. The Morgan fingerprint density at radius 2 is 2.12 bits per heavy atom. The standard InChI is InChI=1S/C14H19NOS/c1-10-6-7-13(12(8-10)14(15)17)16-9-11-4-2-3-5-11/h6-8,11H,2-5,9H2,1H3,(H2,15,17). The fourth-order valence-electron chi connectivity index (χ4n) is 2.35. The van der Waals surface area contributed by atoms with Crippen LogP contribution in [0.5, 0.6) is 5.75 Å². The molecule has 1 fully saturated rings. The lowest BCUT2D eigenvalue weighted by atomic mass is 10.1. The van der Waals surface area contributed by atoms with Crippen LogP contribution in [0.2, 0.25) is 0 Å². The third-order valence-electron chi connectivity index (χ3n) is 3.35. The van der Waals surface area contributed by atoms with Gasteiger partial charge in [-0.2, -0.15) is 0 Å². The van der Waals surface area contributed by atoms with Gasteiger partial charge in [0.05, 0.1) is 12.2 Å². The van der Waals surface area contributed by atoms with Crippen molar-refractivity contribution in [1.82, 2.24) is 0 Å². The second-order valence-corrected chi connectivity index (χ2v) is 5.27. The lowest BCUT2D eigenvalue weighted by Gasteiger charge is -2.14. The third-order valence-corrected chi connectivity index (χ3v) is 3.57. The Kier molecular flexibility index (Phi) is 4.00. The topological polar surface area (TPSA) is 35.2 Å². The van der Waals surface area contributed by atoms with E-state index in [1.54, 1.807) is 0 Å². The second kappa shape index (κ2) is 5.50. The number of aryl methyl sites for hydroxylation is 1. The van der Waals surface area contributed by atoms with Crippen LogP contribution in [-0.4, -0.2) is 11.6 Å². The molecule has 0 aromatic heterocycles. The van der Waals surface area contributed by atoms with Crippen molar-refractivity contribution in [2.45, 2.75) is 32.6 Å². The van der Waals surface area contributed by atoms with Gasteiger partial charge in [-0.25, -0.2) is 0 Å². The summed E-state index contributed by atoms with van der Waals surface area (Å²) in [6, 6.07) is 6.00. The maximum Gasteiger partial charge on any atom is 0.129 e. The highest BCUT2D eigenvalue weighted by Gasteiger charge is 2.16. The smallest absolute Gasteiger partial charge is 0.129 e. The molecule has 0 saturated heterocycles. The molecule has 92 valence electrons. The van der Waals surface area contributed by atoms with E-state index in [-0.39, 0.29) is 0 Å². The zero-order valence-electron chi connectivity index (χ0n) is 10.2. The molecule has 1 aliphatic rings. The number of thiocarbonyl (C=S) groups is 1. The van der Waals surface area contributed by atoms with Crippen LogP contribution in [0.4, 0.5) is 0 Å². The van der Waals surface area contributed by atoms with E-state index in [9.17, 15) is 0 Å². The zero-order valence-corrected chi connectivity index (χ0v) is 11.1. The van der Waals surface area contributed by atoms with E-state index in [2.05, 4.69) is 0 Å². The summed E-state index contributed by atoms with van der Waals surface area (Å²) in [6.45, 7) is 2.82. The van der Waals surface area contributed by atoms with Gasteiger partial charge >= 0.3 is 0 Å². The van der Waals surface area contributed by atoms with Gasteiger partial charge in [0.25, 0.3) is 0 Å². The van der Waals surface area contributed by atoms with Gasteiger partial charge in [-0.15, -0.1) is 0 Å². The molecule has 17 heavy (non-hydrogen) atoms. The van der Waals surface area contributed by atoms with E-state index in [0.29, 0.717) is 10.9 Å². The molecule has 2 rings (SSSR count). The van der Waals surface area contributed by atoms with Crippen molar-refractivity contribution in [2.75, 3.05) is 6.61 Å². The van der Waals surface area contributed by atoms with Crippen molar-refractivity contribution in [2.24, 2.45) is 11.7 Å². The number of benzene rings is 1. The van der Waals surface area contributed by atoms with Crippen LogP contribution in [0.25, 0.3) is 0 Å². The van der Waals surface area contributed by atoms with Gasteiger partial charge in [-0.05, 0) is 37.8 Å². The molecule has 0 atom stereocenters. The van der Waals surface area contributed by atoms with Crippen molar-refractivity contribution >= 4 is 17.2 Å². The lowest BCUT2D eigenvalue weighted by molar-refractivity contribution is 0.252. The van der Waals surface area contributed by atoms with Crippen molar-refractivity contribution in [3.8, 4) is 5.75 Å². The molecule has 0 spiro atoms. The van der Waals surface area contributed by atoms with Crippen LogP contribution in [0.3, 0.4) is 0 Å². The molecule has 0 radical (unpaired) electrons. The van der Waals surface area contributed by atoms with Gasteiger partial charge in [0.2, 0.25) is 0 Å².